The highest BCUT2D eigenvalue weighted by Crippen LogP contribution is 2.35. The van der Waals surface area contributed by atoms with E-state index in [4.69, 9.17) is 5.73 Å². The van der Waals surface area contributed by atoms with Crippen molar-refractivity contribution in [1.29, 1.82) is 0 Å². The third-order valence-corrected chi connectivity index (χ3v) is 6.60. The van der Waals surface area contributed by atoms with Gasteiger partial charge >= 0.3 is 12.2 Å². The number of aromatic amines is 1. The van der Waals surface area contributed by atoms with Crippen molar-refractivity contribution in [3.8, 4) is 11.1 Å². The number of nitrogens with two attached hydrogens (primary N) is 1. The number of fused-ring (bicyclic) bond motifs is 1. The number of amides is 2. The van der Waals surface area contributed by atoms with Crippen LogP contribution in [-0.2, 0) is 12.7 Å². The van der Waals surface area contributed by atoms with Crippen molar-refractivity contribution in [3.05, 3.63) is 65.9 Å². The van der Waals surface area contributed by atoms with Gasteiger partial charge in [0.1, 0.15) is 5.82 Å². The number of hydrogen-bond acceptors (Lipinski definition) is 6. The maximum Gasteiger partial charge on any atom is 0.416 e. The molecule has 5 N–H and O–H groups in total. The van der Waals surface area contributed by atoms with Crippen LogP contribution in [0.25, 0.3) is 22.2 Å². The standard InChI is InChI=1S/C26H27F3N8O/c1-36-10-12-37(13-11-36)15-17-4-7-19(14-21(17)26(27,28)29)33-25(38)32-18-5-2-16(3-6-18)20-8-9-31-24-22(20)23(30)34-35-24/h2-9,14H,10-13,15H2,1H3,(H2,32,33,38)(H3,30,31,34,35). The molecule has 1 aliphatic heterocycles. The molecule has 2 amide bonds. The zero-order valence-electron chi connectivity index (χ0n) is 20.6. The smallest absolute Gasteiger partial charge is 0.383 e. The van der Waals surface area contributed by atoms with Gasteiger partial charge in [0.25, 0.3) is 0 Å². The monoisotopic (exact) mass is 524 g/mol. The van der Waals surface area contributed by atoms with E-state index < -0.39 is 17.8 Å². The number of anilines is 3. The minimum atomic E-state index is -4.54. The summed E-state index contributed by atoms with van der Waals surface area (Å²) < 4.78 is 41.5. The number of benzene rings is 2. The van der Waals surface area contributed by atoms with Crippen molar-refractivity contribution in [3.63, 3.8) is 0 Å². The van der Waals surface area contributed by atoms with Crippen LogP contribution in [0, 0.1) is 0 Å². The van der Waals surface area contributed by atoms with E-state index in [1.807, 2.05) is 18.0 Å². The molecule has 0 saturated carbocycles. The Morgan fingerprint density at radius 3 is 2.42 bits per heavy atom. The number of carbonyl (C=O) groups is 1. The highest BCUT2D eigenvalue weighted by molar-refractivity contribution is 6.01. The molecule has 38 heavy (non-hydrogen) atoms. The molecule has 2 aromatic heterocycles. The number of likely N-dealkylation sites (N-methyl/N-ethyl adjacent to an activating group) is 1. The number of nitrogen functional groups attached to an aromatic ring is 1. The molecule has 0 radical (unpaired) electrons. The van der Waals surface area contributed by atoms with Crippen LogP contribution in [0.1, 0.15) is 11.1 Å². The van der Waals surface area contributed by atoms with Gasteiger partial charge in [0.15, 0.2) is 5.65 Å². The zero-order valence-corrected chi connectivity index (χ0v) is 20.6. The summed E-state index contributed by atoms with van der Waals surface area (Å²) in [5, 5.41) is 12.6. The van der Waals surface area contributed by atoms with Gasteiger partial charge in [-0.1, -0.05) is 18.2 Å². The number of carbonyl (C=O) groups excluding carboxylic acids is 1. The van der Waals surface area contributed by atoms with Crippen LogP contribution in [0.3, 0.4) is 0 Å². The van der Waals surface area contributed by atoms with Gasteiger partial charge in [-0.15, -0.1) is 0 Å². The first-order valence-electron chi connectivity index (χ1n) is 12.1. The topological polar surface area (TPSA) is 115 Å². The second kappa shape index (κ2) is 10.3. The molecule has 198 valence electrons. The lowest BCUT2D eigenvalue weighted by Gasteiger charge is -2.33. The van der Waals surface area contributed by atoms with Crippen molar-refractivity contribution in [2.75, 3.05) is 49.6 Å². The van der Waals surface area contributed by atoms with Gasteiger partial charge < -0.3 is 21.3 Å². The fourth-order valence-electron chi connectivity index (χ4n) is 4.54. The molecule has 1 fully saturated rings. The summed E-state index contributed by atoms with van der Waals surface area (Å²) in [6.45, 7) is 3.24. The molecule has 1 aliphatic rings. The van der Waals surface area contributed by atoms with E-state index in [9.17, 15) is 18.0 Å². The fourth-order valence-corrected chi connectivity index (χ4v) is 4.54. The number of nitrogens with one attached hydrogen (secondary N) is 3. The second-order valence-electron chi connectivity index (χ2n) is 9.30. The van der Waals surface area contributed by atoms with Crippen molar-refractivity contribution >= 4 is 34.3 Å². The van der Waals surface area contributed by atoms with E-state index in [0.29, 0.717) is 35.6 Å². The number of halogens is 3. The zero-order chi connectivity index (χ0) is 26.9. The molecule has 0 unspecified atom stereocenters. The Morgan fingerprint density at radius 2 is 1.71 bits per heavy atom. The van der Waals surface area contributed by atoms with Crippen LogP contribution in [0.4, 0.5) is 35.2 Å². The van der Waals surface area contributed by atoms with Crippen LogP contribution in [-0.4, -0.2) is 64.2 Å². The fraction of sp³-hybridized carbons (Fsp3) is 0.269. The van der Waals surface area contributed by atoms with Gasteiger partial charge in [0.05, 0.1) is 10.9 Å². The molecule has 0 bridgehead atoms. The maximum absolute atomic E-state index is 13.8. The maximum atomic E-state index is 13.8. The highest BCUT2D eigenvalue weighted by atomic mass is 19.4. The molecule has 9 nitrogen and oxygen atoms in total. The highest BCUT2D eigenvalue weighted by Gasteiger charge is 2.34. The van der Waals surface area contributed by atoms with Gasteiger partial charge in [-0.2, -0.15) is 18.3 Å². The molecule has 0 atom stereocenters. The lowest BCUT2D eigenvalue weighted by Crippen LogP contribution is -2.44. The number of urea groups is 1. The average molecular weight is 525 g/mol. The normalized spacial score (nSPS) is 15.1. The Morgan fingerprint density at radius 1 is 1.03 bits per heavy atom. The Labute approximate surface area is 216 Å². The minimum Gasteiger partial charge on any atom is -0.383 e. The van der Waals surface area contributed by atoms with Crippen molar-refractivity contribution in [2.24, 2.45) is 0 Å². The number of alkyl halides is 3. The van der Waals surface area contributed by atoms with E-state index in [2.05, 4.69) is 30.7 Å². The Hall–Kier alpha value is -4.16. The van der Waals surface area contributed by atoms with Crippen molar-refractivity contribution in [1.82, 2.24) is 25.0 Å². The molecule has 3 heterocycles. The van der Waals surface area contributed by atoms with Crippen molar-refractivity contribution in [2.45, 2.75) is 12.7 Å². The lowest BCUT2D eigenvalue weighted by molar-refractivity contribution is -0.138. The second-order valence-corrected chi connectivity index (χ2v) is 9.30. The van der Waals surface area contributed by atoms with Crippen LogP contribution < -0.4 is 16.4 Å². The molecule has 5 rings (SSSR count). The molecular formula is C26H27F3N8O. The Bertz CT molecular complexity index is 1440. The number of pyridine rings is 1. The Balaban J connectivity index is 1.27. The summed E-state index contributed by atoms with van der Waals surface area (Å²) in [6, 6.07) is 12.1. The van der Waals surface area contributed by atoms with Crippen LogP contribution in [0.2, 0.25) is 0 Å². The number of aromatic nitrogens is 3. The summed E-state index contributed by atoms with van der Waals surface area (Å²) in [6.07, 6.45) is -2.91. The van der Waals surface area contributed by atoms with Gasteiger partial charge in [-0.25, -0.2) is 9.78 Å². The van der Waals surface area contributed by atoms with Crippen LogP contribution in [0.5, 0.6) is 0 Å². The lowest BCUT2D eigenvalue weighted by atomic mass is 10.0. The number of hydrogen-bond donors (Lipinski definition) is 4. The summed E-state index contributed by atoms with van der Waals surface area (Å²) in [7, 11) is 1.99. The number of rotatable bonds is 5. The molecule has 0 spiro atoms. The van der Waals surface area contributed by atoms with Gasteiger partial charge in [0, 0.05) is 50.3 Å². The van der Waals surface area contributed by atoms with Gasteiger partial charge in [-0.3, -0.25) is 10.00 Å². The van der Waals surface area contributed by atoms with E-state index in [1.165, 1.54) is 12.1 Å². The summed E-state index contributed by atoms with van der Waals surface area (Å²) in [5.41, 5.74) is 8.11. The summed E-state index contributed by atoms with van der Waals surface area (Å²) in [5.74, 6) is 0.400. The van der Waals surface area contributed by atoms with E-state index >= 15 is 0 Å². The predicted molar refractivity (Wildman–Crippen MR) is 141 cm³/mol. The van der Waals surface area contributed by atoms with E-state index in [-0.39, 0.29) is 17.8 Å². The molecule has 2 aromatic carbocycles. The van der Waals surface area contributed by atoms with Gasteiger partial charge in [0.2, 0.25) is 0 Å². The SMILES string of the molecule is CN1CCN(Cc2ccc(NC(=O)Nc3ccc(-c4ccnc5n[nH]c(N)c45)cc3)cc2C(F)(F)F)CC1. The van der Waals surface area contributed by atoms with Gasteiger partial charge in [-0.05, 0) is 54.1 Å². The summed E-state index contributed by atoms with van der Waals surface area (Å²) >= 11 is 0. The van der Waals surface area contributed by atoms with E-state index in [0.717, 1.165) is 30.3 Å². The molecule has 4 aromatic rings. The molecule has 12 heteroatoms. The largest absolute Gasteiger partial charge is 0.416 e. The predicted octanol–water partition coefficient (Wildman–Crippen LogP) is 4.62. The molecule has 1 saturated heterocycles. The first-order valence-corrected chi connectivity index (χ1v) is 12.1. The first-order chi connectivity index (χ1) is 18.2. The van der Waals surface area contributed by atoms with E-state index in [1.54, 1.807) is 30.5 Å². The Kier molecular flexibility index (Phi) is 6.91. The van der Waals surface area contributed by atoms with Crippen molar-refractivity contribution < 1.29 is 18.0 Å². The number of piperazine rings is 1. The first kappa shape index (κ1) is 25.5. The minimum absolute atomic E-state index is 0.0585. The third kappa shape index (κ3) is 5.55. The average Bonchev–Trinajstić information content (AvgIpc) is 3.27. The third-order valence-electron chi connectivity index (χ3n) is 6.60. The number of H-pyrrole nitrogens is 1. The molecular weight excluding hydrogens is 497 g/mol. The van der Waals surface area contributed by atoms with Crippen LogP contribution >= 0.6 is 0 Å². The van der Waals surface area contributed by atoms with Crippen LogP contribution in [0.15, 0.2) is 54.7 Å². The summed E-state index contributed by atoms with van der Waals surface area (Å²) in [4.78, 5) is 20.9. The quantitative estimate of drug-likeness (QED) is 0.303. The number of nitrogens with zero attached hydrogens (tertiary/aromatic N) is 4. The molecule has 0 aliphatic carbocycles.